The first kappa shape index (κ1) is 13.9. The molecule has 0 spiro atoms. The molecule has 1 aliphatic heterocycles. The Morgan fingerprint density at radius 3 is 2.56 bits per heavy atom. The highest BCUT2D eigenvalue weighted by molar-refractivity contribution is 5.80. The van der Waals surface area contributed by atoms with Gasteiger partial charge in [0, 0.05) is 24.0 Å². The molecule has 0 aromatic carbocycles. The van der Waals surface area contributed by atoms with Crippen LogP contribution in [0.15, 0.2) is 0 Å². The van der Waals surface area contributed by atoms with Crippen LogP contribution in [0.3, 0.4) is 0 Å². The number of carbonyl (C=O) groups excluding carboxylic acids is 1. The third-order valence-electron chi connectivity index (χ3n) is 4.84. The molecule has 2 rings (SSSR count). The SMILES string of the molecule is CCC1CCC(C)N1C(=O)C1CC(C)CC(N)C1. The quantitative estimate of drug-likeness (QED) is 0.821. The molecule has 1 saturated carbocycles. The Morgan fingerprint density at radius 2 is 1.94 bits per heavy atom. The zero-order valence-electron chi connectivity index (χ0n) is 12.1. The van der Waals surface area contributed by atoms with Crippen molar-refractivity contribution in [3.05, 3.63) is 0 Å². The highest BCUT2D eigenvalue weighted by Crippen LogP contribution is 2.34. The van der Waals surface area contributed by atoms with E-state index < -0.39 is 0 Å². The average molecular weight is 252 g/mol. The summed E-state index contributed by atoms with van der Waals surface area (Å²) in [6.45, 7) is 6.61. The summed E-state index contributed by atoms with van der Waals surface area (Å²) in [5.74, 6) is 1.16. The second-order valence-electron chi connectivity index (χ2n) is 6.50. The lowest BCUT2D eigenvalue weighted by atomic mass is 9.79. The molecule has 0 aromatic heterocycles. The Kier molecular flexibility index (Phi) is 4.31. The van der Waals surface area contributed by atoms with Gasteiger partial charge in [0.25, 0.3) is 0 Å². The van der Waals surface area contributed by atoms with Crippen LogP contribution < -0.4 is 5.73 Å². The van der Waals surface area contributed by atoms with Crippen molar-refractivity contribution in [2.45, 2.75) is 77.4 Å². The molecular formula is C15H28N2O. The average Bonchev–Trinajstić information content (AvgIpc) is 2.68. The van der Waals surface area contributed by atoms with Crippen molar-refractivity contribution in [1.82, 2.24) is 4.90 Å². The van der Waals surface area contributed by atoms with Crippen LogP contribution >= 0.6 is 0 Å². The molecule has 5 unspecified atom stereocenters. The van der Waals surface area contributed by atoms with Gasteiger partial charge in [-0.3, -0.25) is 4.79 Å². The van der Waals surface area contributed by atoms with E-state index in [1.54, 1.807) is 0 Å². The summed E-state index contributed by atoms with van der Waals surface area (Å²) in [5, 5.41) is 0. The minimum atomic E-state index is 0.179. The van der Waals surface area contributed by atoms with Crippen LogP contribution in [0.25, 0.3) is 0 Å². The number of rotatable bonds is 2. The van der Waals surface area contributed by atoms with Gasteiger partial charge in [0.15, 0.2) is 0 Å². The van der Waals surface area contributed by atoms with Crippen molar-refractivity contribution in [1.29, 1.82) is 0 Å². The number of amides is 1. The molecule has 2 N–H and O–H groups in total. The summed E-state index contributed by atoms with van der Waals surface area (Å²) in [5.41, 5.74) is 6.08. The van der Waals surface area contributed by atoms with Crippen LogP contribution in [0.1, 0.15) is 59.3 Å². The third-order valence-corrected chi connectivity index (χ3v) is 4.84. The van der Waals surface area contributed by atoms with Crippen LogP contribution in [0, 0.1) is 11.8 Å². The van der Waals surface area contributed by atoms with E-state index in [4.69, 9.17) is 5.73 Å². The fourth-order valence-corrected chi connectivity index (χ4v) is 3.94. The smallest absolute Gasteiger partial charge is 0.226 e. The van der Waals surface area contributed by atoms with Gasteiger partial charge in [0.05, 0.1) is 0 Å². The molecule has 0 bridgehead atoms. The maximum absolute atomic E-state index is 12.7. The summed E-state index contributed by atoms with van der Waals surface area (Å²) >= 11 is 0. The summed E-state index contributed by atoms with van der Waals surface area (Å²) in [4.78, 5) is 14.9. The van der Waals surface area contributed by atoms with Gasteiger partial charge in [-0.25, -0.2) is 0 Å². The first-order chi connectivity index (χ1) is 8.52. The second-order valence-corrected chi connectivity index (χ2v) is 6.50. The Balaban J connectivity index is 2.05. The molecule has 2 aliphatic rings. The fourth-order valence-electron chi connectivity index (χ4n) is 3.94. The van der Waals surface area contributed by atoms with Crippen LogP contribution in [-0.2, 0) is 4.79 Å². The normalized spacial score (nSPS) is 41.1. The lowest BCUT2D eigenvalue weighted by Crippen LogP contribution is -2.46. The van der Waals surface area contributed by atoms with E-state index in [1.807, 2.05) is 0 Å². The Hall–Kier alpha value is -0.570. The molecule has 1 aliphatic carbocycles. The molecule has 3 nitrogen and oxygen atoms in total. The molecule has 18 heavy (non-hydrogen) atoms. The topological polar surface area (TPSA) is 46.3 Å². The van der Waals surface area contributed by atoms with Crippen molar-refractivity contribution in [2.24, 2.45) is 17.6 Å². The monoisotopic (exact) mass is 252 g/mol. The van der Waals surface area contributed by atoms with Crippen LogP contribution in [0.4, 0.5) is 0 Å². The largest absolute Gasteiger partial charge is 0.337 e. The molecule has 2 fully saturated rings. The summed E-state index contributed by atoms with van der Waals surface area (Å²) < 4.78 is 0. The van der Waals surface area contributed by atoms with E-state index in [-0.39, 0.29) is 12.0 Å². The van der Waals surface area contributed by atoms with E-state index >= 15 is 0 Å². The highest BCUT2D eigenvalue weighted by Gasteiger charge is 2.38. The molecular weight excluding hydrogens is 224 g/mol. The standard InChI is InChI=1S/C15H28N2O/c1-4-14-6-5-11(3)17(14)15(18)12-7-10(2)8-13(16)9-12/h10-14H,4-9,16H2,1-3H3. The summed E-state index contributed by atoms with van der Waals surface area (Å²) in [6.07, 6.45) is 6.44. The molecule has 0 aromatic rings. The number of hydrogen-bond acceptors (Lipinski definition) is 2. The number of hydrogen-bond donors (Lipinski definition) is 1. The number of carbonyl (C=O) groups is 1. The Bertz CT molecular complexity index is 295. The van der Waals surface area contributed by atoms with Gasteiger partial charge in [-0.15, -0.1) is 0 Å². The number of nitrogens with zero attached hydrogens (tertiary/aromatic N) is 1. The highest BCUT2D eigenvalue weighted by atomic mass is 16.2. The first-order valence-corrected chi connectivity index (χ1v) is 7.60. The number of nitrogens with two attached hydrogens (primary N) is 1. The predicted molar refractivity (Wildman–Crippen MR) is 74.1 cm³/mol. The van der Waals surface area contributed by atoms with Crippen LogP contribution in [0.2, 0.25) is 0 Å². The van der Waals surface area contributed by atoms with E-state index in [2.05, 4.69) is 25.7 Å². The minimum Gasteiger partial charge on any atom is -0.337 e. The van der Waals surface area contributed by atoms with E-state index in [1.165, 1.54) is 12.8 Å². The molecule has 1 saturated heterocycles. The van der Waals surface area contributed by atoms with Gasteiger partial charge >= 0.3 is 0 Å². The Labute approximate surface area is 111 Å². The second kappa shape index (κ2) is 5.60. The summed E-state index contributed by atoms with van der Waals surface area (Å²) in [7, 11) is 0. The van der Waals surface area contributed by atoms with Crippen LogP contribution in [-0.4, -0.2) is 28.9 Å². The molecule has 1 amide bonds. The molecule has 1 heterocycles. The maximum Gasteiger partial charge on any atom is 0.226 e. The molecule has 0 radical (unpaired) electrons. The van der Waals surface area contributed by atoms with Gasteiger partial charge in [-0.1, -0.05) is 13.8 Å². The number of likely N-dealkylation sites (tertiary alicyclic amines) is 1. The van der Waals surface area contributed by atoms with Crippen molar-refractivity contribution < 1.29 is 4.79 Å². The van der Waals surface area contributed by atoms with E-state index in [0.717, 1.165) is 25.7 Å². The van der Waals surface area contributed by atoms with Crippen molar-refractivity contribution in [2.75, 3.05) is 0 Å². The zero-order chi connectivity index (χ0) is 13.3. The van der Waals surface area contributed by atoms with Crippen molar-refractivity contribution in [3.8, 4) is 0 Å². The van der Waals surface area contributed by atoms with Gasteiger partial charge in [0.1, 0.15) is 0 Å². The molecule has 5 atom stereocenters. The maximum atomic E-state index is 12.7. The van der Waals surface area contributed by atoms with E-state index in [9.17, 15) is 4.79 Å². The van der Waals surface area contributed by atoms with Gasteiger partial charge in [-0.2, -0.15) is 0 Å². The van der Waals surface area contributed by atoms with E-state index in [0.29, 0.717) is 23.9 Å². The molecule has 104 valence electrons. The zero-order valence-corrected chi connectivity index (χ0v) is 12.1. The lowest BCUT2D eigenvalue weighted by Gasteiger charge is -2.36. The lowest BCUT2D eigenvalue weighted by molar-refractivity contribution is -0.140. The third kappa shape index (κ3) is 2.71. The van der Waals surface area contributed by atoms with Gasteiger partial charge < -0.3 is 10.6 Å². The molecule has 3 heteroatoms. The van der Waals surface area contributed by atoms with Crippen molar-refractivity contribution >= 4 is 5.91 Å². The van der Waals surface area contributed by atoms with Crippen molar-refractivity contribution in [3.63, 3.8) is 0 Å². The van der Waals surface area contributed by atoms with Crippen LogP contribution in [0.5, 0.6) is 0 Å². The minimum absolute atomic E-state index is 0.179. The first-order valence-electron chi connectivity index (χ1n) is 7.60. The Morgan fingerprint density at radius 1 is 1.22 bits per heavy atom. The van der Waals surface area contributed by atoms with Gasteiger partial charge in [0.2, 0.25) is 5.91 Å². The van der Waals surface area contributed by atoms with Gasteiger partial charge in [-0.05, 0) is 51.4 Å². The fraction of sp³-hybridized carbons (Fsp3) is 0.933. The predicted octanol–water partition coefficient (Wildman–Crippen LogP) is 2.54. The summed E-state index contributed by atoms with van der Waals surface area (Å²) in [6, 6.07) is 1.12.